The zero-order valence-corrected chi connectivity index (χ0v) is 10.8. The second kappa shape index (κ2) is 4.45. The van der Waals surface area contributed by atoms with Gasteiger partial charge in [0.2, 0.25) is 5.82 Å². The van der Waals surface area contributed by atoms with Crippen molar-refractivity contribution in [2.75, 3.05) is 0 Å². The Morgan fingerprint density at radius 1 is 1.05 bits per heavy atom. The fourth-order valence-corrected chi connectivity index (χ4v) is 2.22. The molecule has 6 heteroatoms. The first-order valence-corrected chi connectivity index (χ1v) is 6.37. The molecule has 102 valence electrons. The van der Waals surface area contributed by atoms with Gasteiger partial charge in [0.1, 0.15) is 5.75 Å². The van der Waals surface area contributed by atoms with E-state index in [4.69, 9.17) is 4.52 Å². The fourth-order valence-electron chi connectivity index (χ4n) is 2.22. The summed E-state index contributed by atoms with van der Waals surface area (Å²) in [6, 6.07) is 12.4. The van der Waals surface area contributed by atoms with E-state index in [9.17, 15) is 5.11 Å². The molecule has 0 atom stereocenters. The number of hydrogen-bond donors (Lipinski definition) is 2. The van der Waals surface area contributed by atoms with Gasteiger partial charge in [0.05, 0.1) is 17.3 Å². The van der Waals surface area contributed by atoms with Gasteiger partial charge in [-0.1, -0.05) is 11.2 Å². The van der Waals surface area contributed by atoms with Gasteiger partial charge in [-0.15, -0.1) is 0 Å². The van der Waals surface area contributed by atoms with E-state index < -0.39 is 0 Å². The molecule has 0 aliphatic heterocycles. The van der Waals surface area contributed by atoms with Crippen molar-refractivity contribution in [2.45, 2.75) is 0 Å². The molecule has 0 saturated heterocycles. The molecule has 4 aromatic rings. The number of aromatic amines is 1. The third-order valence-corrected chi connectivity index (χ3v) is 3.27. The highest BCUT2D eigenvalue weighted by molar-refractivity contribution is 5.92. The summed E-state index contributed by atoms with van der Waals surface area (Å²) < 4.78 is 5.35. The summed E-state index contributed by atoms with van der Waals surface area (Å²) in [5.74, 6) is 1.11. The Morgan fingerprint density at radius 3 is 2.76 bits per heavy atom. The van der Waals surface area contributed by atoms with Crippen LogP contribution in [0.25, 0.3) is 33.7 Å². The van der Waals surface area contributed by atoms with Gasteiger partial charge in [0, 0.05) is 10.9 Å². The summed E-state index contributed by atoms with van der Waals surface area (Å²) in [6.07, 6.45) is 1.73. The Labute approximate surface area is 119 Å². The molecule has 2 heterocycles. The maximum atomic E-state index is 9.31. The molecular weight excluding hydrogens is 268 g/mol. The summed E-state index contributed by atoms with van der Waals surface area (Å²) in [5, 5.41) is 21.1. The monoisotopic (exact) mass is 278 g/mol. The first-order chi connectivity index (χ1) is 10.3. The van der Waals surface area contributed by atoms with E-state index in [2.05, 4.69) is 20.3 Å². The zero-order valence-electron chi connectivity index (χ0n) is 10.8. The topological polar surface area (TPSA) is 87.8 Å². The van der Waals surface area contributed by atoms with Gasteiger partial charge in [-0.2, -0.15) is 10.1 Å². The molecule has 0 aliphatic rings. The number of rotatable bonds is 2. The Bertz CT molecular complexity index is 909. The van der Waals surface area contributed by atoms with Crippen molar-refractivity contribution in [3.8, 4) is 28.6 Å². The lowest BCUT2D eigenvalue weighted by atomic mass is 10.1. The molecule has 0 bridgehead atoms. The van der Waals surface area contributed by atoms with Gasteiger partial charge in [-0.05, 0) is 36.4 Å². The quantitative estimate of drug-likeness (QED) is 0.588. The van der Waals surface area contributed by atoms with E-state index in [1.54, 1.807) is 30.5 Å². The van der Waals surface area contributed by atoms with E-state index in [0.29, 0.717) is 11.7 Å². The number of hydrogen-bond acceptors (Lipinski definition) is 5. The molecule has 0 fully saturated rings. The van der Waals surface area contributed by atoms with Crippen LogP contribution in [0.1, 0.15) is 0 Å². The average Bonchev–Trinajstić information content (AvgIpc) is 3.16. The molecule has 21 heavy (non-hydrogen) atoms. The number of fused-ring (bicyclic) bond motifs is 1. The lowest BCUT2D eigenvalue weighted by molar-refractivity contribution is 0.432. The molecule has 0 amide bonds. The number of aromatic hydroxyl groups is 1. The second-order valence-corrected chi connectivity index (χ2v) is 4.61. The number of nitrogens with zero attached hydrogens (tertiary/aromatic N) is 3. The predicted molar refractivity (Wildman–Crippen MR) is 76.5 cm³/mol. The normalized spacial score (nSPS) is 11.0. The summed E-state index contributed by atoms with van der Waals surface area (Å²) in [4.78, 5) is 4.41. The third kappa shape index (κ3) is 1.93. The van der Waals surface area contributed by atoms with Gasteiger partial charge in [-0.25, -0.2) is 0 Å². The van der Waals surface area contributed by atoms with Crippen LogP contribution in [0.2, 0.25) is 0 Å². The molecule has 2 N–H and O–H groups in total. The molecular formula is C15H10N4O2. The predicted octanol–water partition coefficient (Wildman–Crippen LogP) is 2.99. The molecule has 2 aromatic carbocycles. The number of phenols is 1. The summed E-state index contributed by atoms with van der Waals surface area (Å²) in [6.45, 7) is 0. The number of H-pyrrole nitrogens is 1. The van der Waals surface area contributed by atoms with E-state index in [-0.39, 0.29) is 5.75 Å². The fraction of sp³-hybridized carbons (Fsp3) is 0. The van der Waals surface area contributed by atoms with Gasteiger partial charge in [-0.3, -0.25) is 5.10 Å². The first-order valence-electron chi connectivity index (χ1n) is 6.37. The van der Waals surface area contributed by atoms with Crippen molar-refractivity contribution in [3.05, 3.63) is 48.7 Å². The second-order valence-electron chi connectivity index (χ2n) is 4.61. The van der Waals surface area contributed by atoms with Crippen LogP contribution in [0.15, 0.2) is 53.2 Å². The molecule has 0 unspecified atom stereocenters. The van der Waals surface area contributed by atoms with Crippen LogP contribution >= 0.6 is 0 Å². The van der Waals surface area contributed by atoms with Crippen LogP contribution in [-0.2, 0) is 0 Å². The largest absolute Gasteiger partial charge is 0.508 e. The minimum Gasteiger partial charge on any atom is -0.508 e. The Balaban J connectivity index is 1.81. The van der Waals surface area contributed by atoms with Crippen molar-refractivity contribution in [1.29, 1.82) is 0 Å². The molecule has 0 spiro atoms. The molecule has 0 radical (unpaired) electrons. The molecule has 0 aliphatic carbocycles. The van der Waals surface area contributed by atoms with E-state index in [0.717, 1.165) is 22.0 Å². The SMILES string of the molecule is Oc1ccc(-c2noc(-c3cccc4[nH]ncc34)n2)cc1. The van der Waals surface area contributed by atoms with Gasteiger partial charge in [0.25, 0.3) is 5.89 Å². The number of nitrogens with one attached hydrogen (secondary N) is 1. The van der Waals surface area contributed by atoms with Crippen molar-refractivity contribution >= 4 is 10.9 Å². The van der Waals surface area contributed by atoms with Crippen molar-refractivity contribution in [1.82, 2.24) is 20.3 Å². The Kier molecular flexibility index (Phi) is 2.47. The van der Waals surface area contributed by atoms with Gasteiger partial charge >= 0.3 is 0 Å². The third-order valence-electron chi connectivity index (χ3n) is 3.27. The minimum atomic E-state index is 0.200. The lowest BCUT2D eigenvalue weighted by Crippen LogP contribution is -1.81. The van der Waals surface area contributed by atoms with Gasteiger partial charge < -0.3 is 9.63 Å². The molecule has 2 aromatic heterocycles. The van der Waals surface area contributed by atoms with Crippen LogP contribution in [0.4, 0.5) is 0 Å². The number of aromatic nitrogens is 4. The highest BCUT2D eigenvalue weighted by atomic mass is 16.5. The highest BCUT2D eigenvalue weighted by Crippen LogP contribution is 2.28. The van der Waals surface area contributed by atoms with E-state index in [1.807, 2.05) is 18.2 Å². The van der Waals surface area contributed by atoms with Gasteiger partial charge in [0.15, 0.2) is 0 Å². The van der Waals surface area contributed by atoms with E-state index >= 15 is 0 Å². The standard InChI is InChI=1S/C15H10N4O2/c20-10-6-4-9(5-7-10)14-17-15(21-19-14)11-2-1-3-13-12(11)8-16-18-13/h1-8,20H,(H,16,18). The molecule has 4 rings (SSSR count). The lowest BCUT2D eigenvalue weighted by Gasteiger charge is -1.96. The maximum absolute atomic E-state index is 9.31. The Hall–Kier alpha value is -3.15. The van der Waals surface area contributed by atoms with Crippen molar-refractivity contribution in [2.24, 2.45) is 0 Å². The summed E-state index contributed by atoms with van der Waals surface area (Å²) in [7, 11) is 0. The molecule has 6 nitrogen and oxygen atoms in total. The number of benzene rings is 2. The van der Waals surface area contributed by atoms with E-state index in [1.165, 1.54) is 0 Å². The van der Waals surface area contributed by atoms with Crippen LogP contribution in [-0.4, -0.2) is 25.4 Å². The minimum absolute atomic E-state index is 0.200. The summed E-state index contributed by atoms with van der Waals surface area (Å²) in [5.41, 5.74) is 2.53. The zero-order chi connectivity index (χ0) is 14.2. The maximum Gasteiger partial charge on any atom is 0.258 e. The first kappa shape index (κ1) is 11.7. The number of phenolic OH excluding ortho intramolecular Hbond substituents is 1. The smallest absolute Gasteiger partial charge is 0.258 e. The van der Waals surface area contributed by atoms with Crippen LogP contribution in [0.5, 0.6) is 5.75 Å². The van der Waals surface area contributed by atoms with Crippen molar-refractivity contribution < 1.29 is 9.63 Å². The average molecular weight is 278 g/mol. The highest BCUT2D eigenvalue weighted by Gasteiger charge is 2.13. The van der Waals surface area contributed by atoms with Crippen LogP contribution < -0.4 is 0 Å². The van der Waals surface area contributed by atoms with Crippen LogP contribution in [0.3, 0.4) is 0 Å². The molecule has 0 saturated carbocycles. The van der Waals surface area contributed by atoms with Crippen LogP contribution in [0, 0.1) is 0 Å². The Morgan fingerprint density at radius 2 is 1.90 bits per heavy atom. The van der Waals surface area contributed by atoms with Crippen molar-refractivity contribution in [3.63, 3.8) is 0 Å². The summed E-state index contributed by atoms with van der Waals surface area (Å²) >= 11 is 0.